The molecule has 0 spiro atoms. The lowest BCUT2D eigenvalue weighted by Gasteiger charge is -2.25. The maximum absolute atomic E-state index is 12.7. The molecule has 0 saturated heterocycles. The van der Waals surface area contributed by atoms with Crippen molar-refractivity contribution in [2.24, 2.45) is 5.73 Å². The molecule has 1 amide bonds. The number of carbonyl (C=O) groups is 1. The molecule has 10 heteroatoms. The molecule has 0 saturated carbocycles. The highest BCUT2D eigenvalue weighted by molar-refractivity contribution is 7.47. The van der Waals surface area contributed by atoms with Gasteiger partial charge in [-0.1, -0.05) is 142 Å². The molecule has 0 fully saturated rings. The molecule has 252 valence electrons. The molecule has 4 unspecified atom stereocenters. The number of aliphatic hydroxyl groups is 2. The fraction of sp³-hybridized carbons (Fsp3) is 0.969. The number of unbranched alkanes of at least 4 members (excludes halogenated alkanes) is 18. The van der Waals surface area contributed by atoms with E-state index in [-0.39, 0.29) is 26.2 Å². The van der Waals surface area contributed by atoms with Crippen molar-refractivity contribution in [3.05, 3.63) is 0 Å². The molecule has 0 aliphatic carbocycles. The summed E-state index contributed by atoms with van der Waals surface area (Å²) in [5, 5.41) is 23.9. The van der Waals surface area contributed by atoms with Gasteiger partial charge in [0.05, 0.1) is 37.9 Å². The smallest absolute Gasteiger partial charge is 0.393 e. The van der Waals surface area contributed by atoms with Crippen LogP contribution in [0, 0.1) is 0 Å². The molecule has 0 heterocycles. The van der Waals surface area contributed by atoms with E-state index in [4.69, 9.17) is 14.8 Å². The zero-order valence-corrected chi connectivity index (χ0v) is 28.0. The minimum atomic E-state index is -4.35. The van der Waals surface area contributed by atoms with Crippen molar-refractivity contribution >= 4 is 13.7 Å². The van der Waals surface area contributed by atoms with Crippen LogP contribution in [0.1, 0.15) is 162 Å². The summed E-state index contributed by atoms with van der Waals surface area (Å²) in [6.45, 7) is 3.99. The quantitative estimate of drug-likeness (QED) is 0.0387. The molecule has 0 radical (unpaired) electrons. The first-order valence-electron chi connectivity index (χ1n) is 17.2. The van der Waals surface area contributed by atoms with Gasteiger partial charge >= 0.3 is 7.82 Å². The van der Waals surface area contributed by atoms with Crippen molar-refractivity contribution in [1.82, 2.24) is 5.32 Å². The fourth-order valence-electron chi connectivity index (χ4n) is 5.12. The highest BCUT2D eigenvalue weighted by Crippen LogP contribution is 2.43. The summed E-state index contributed by atoms with van der Waals surface area (Å²) in [7, 11) is -4.35. The van der Waals surface area contributed by atoms with Crippen molar-refractivity contribution in [2.75, 3.05) is 19.8 Å². The lowest BCUT2D eigenvalue weighted by Crippen LogP contribution is -2.47. The van der Waals surface area contributed by atoms with Gasteiger partial charge in [0.2, 0.25) is 5.91 Å². The predicted octanol–water partition coefficient (Wildman–Crippen LogP) is 7.30. The number of aliphatic hydroxyl groups excluding tert-OH is 2. The third kappa shape index (κ3) is 27.0. The van der Waals surface area contributed by atoms with Gasteiger partial charge in [-0.3, -0.25) is 13.8 Å². The Morgan fingerprint density at radius 3 is 1.60 bits per heavy atom. The standard InChI is InChI=1S/C32H67N2O7P/c1-3-5-7-9-11-13-15-17-19-21-23-29(35)27-32(37)34-30(28-41-42(38,39)40-26-25-33)31(36)24-22-20-18-16-14-12-10-8-6-4-2/h29-31,35-36H,3-28,33H2,1-2H3,(H,34,37)(H,38,39). The number of hydrogen-bond acceptors (Lipinski definition) is 7. The Hall–Kier alpha value is -0.540. The molecule has 9 nitrogen and oxygen atoms in total. The third-order valence-corrected chi connectivity index (χ3v) is 8.75. The number of nitrogens with one attached hydrogen (secondary N) is 1. The summed E-state index contributed by atoms with van der Waals surface area (Å²) in [5.74, 6) is -0.416. The number of rotatable bonds is 32. The van der Waals surface area contributed by atoms with E-state index < -0.39 is 32.0 Å². The van der Waals surface area contributed by atoms with Gasteiger partial charge in [0.15, 0.2) is 0 Å². The maximum Gasteiger partial charge on any atom is 0.472 e. The second-order valence-corrected chi connectivity index (χ2v) is 13.4. The summed E-state index contributed by atoms with van der Waals surface area (Å²) in [6, 6.07) is -0.887. The van der Waals surface area contributed by atoms with Crippen molar-refractivity contribution in [1.29, 1.82) is 0 Å². The van der Waals surface area contributed by atoms with Gasteiger partial charge in [0.25, 0.3) is 0 Å². The molecule has 0 rings (SSSR count). The van der Waals surface area contributed by atoms with Crippen LogP contribution < -0.4 is 11.1 Å². The number of phosphoric ester groups is 1. The predicted molar refractivity (Wildman–Crippen MR) is 172 cm³/mol. The number of hydrogen-bond donors (Lipinski definition) is 5. The van der Waals surface area contributed by atoms with Crippen molar-refractivity contribution in [2.45, 2.75) is 180 Å². The zero-order chi connectivity index (χ0) is 31.3. The summed E-state index contributed by atoms with van der Waals surface area (Å²) >= 11 is 0. The number of amides is 1. The van der Waals surface area contributed by atoms with Crippen LogP contribution in [-0.4, -0.2) is 59.0 Å². The van der Waals surface area contributed by atoms with E-state index >= 15 is 0 Å². The van der Waals surface area contributed by atoms with Gasteiger partial charge in [-0.25, -0.2) is 4.57 Å². The van der Waals surface area contributed by atoms with Crippen LogP contribution in [0.25, 0.3) is 0 Å². The van der Waals surface area contributed by atoms with Crippen LogP contribution in [0.5, 0.6) is 0 Å². The lowest BCUT2D eigenvalue weighted by molar-refractivity contribution is -0.125. The first kappa shape index (κ1) is 41.5. The van der Waals surface area contributed by atoms with Gasteiger partial charge < -0.3 is 26.2 Å². The van der Waals surface area contributed by atoms with E-state index in [1.54, 1.807) is 0 Å². The normalized spacial score (nSPS) is 15.3. The average molecular weight is 623 g/mol. The molecular weight excluding hydrogens is 555 g/mol. The van der Waals surface area contributed by atoms with Gasteiger partial charge in [0, 0.05) is 6.54 Å². The minimum absolute atomic E-state index is 0.0619. The molecule has 42 heavy (non-hydrogen) atoms. The molecule has 0 bridgehead atoms. The van der Waals surface area contributed by atoms with Crippen LogP contribution >= 0.6 is 7.82 Å². The van der Waals surface area contributed by atoms with Gasteiger partial charge in [-0.05, 0) is 12.8 Å². The van der Waals surface area contributed by atoms with Crippen LogP contribution in [0.3, 0.4) is 0 Å². The van der Waals surface area contributed by atoms with E-state index in [1.165, 1.54) is 89.9 Å². The molecular formula is C32H67N2O7P. The summed E-state index contributed by atoms with van der Waals surface area (Å²) in [4.78, 5) is 22.5. The lowest BCUT2D eigenvalue weighted by atomic mass is 10.0. The second kappa shape index (κ2) is 29.2. The fourth-order valence-corrected chi connectivity index (χ4v) is 5.88. The topological polar surface area (TPSA) is 151 Å². The molecule has 0 aliphatic rings. The van der Waals surface area contributed by atoms with E-state index in [0.717, 1.165) is 38.5 Å². The Kier molecular flexibility index (Phi) is 28.8. The van der Waals surface area contributed by atoms with Crippen LogP contribution in [0.2, 0.25) is 0 Å². The molecule has 4 atom stereocenters. The van der Waals surface area contributed by atoms with Crippen LogP contribution in [0.4, 0.5) is 0 Å². The molecule has 0 aromatic rings. The van der Waals surface area contributed by atoms with Gasteiger partial charge in [0.1, 0.15) is 0 Å². The monoisotopic (exact) mass is 622 g/mol. The zero-order valence-electron chi connectivity index (χ0n) is 27.1. The first-order valence-corrected chi connectivity index (χ1v) is 18.7. The second-order valence-electron chi connectivity index (χ2n) is 11.9. The van der Waals surface area contributed by atoms with E-state index in [0.29, 0.717) is 12.8 Å². The van der Waals surface area contributed by atoms with Crippen LogP contribution in [-0.2, 0) is 18.4 Å². The average Bonchev–Trinajstić information content (AvgIpc) is 2.96. The van der Waals surface area contributed by atoms with Gasteiger partial charge in [-0.15, -0.1) is 0 Å². The highest BCUT2D eigenvalue weighted by atomic mass is 31.2. The van der Waals surface area contributed by atoms with Crippen molar-refractivity contribution in [3.8, 4) is 0 Å². The Morgan fingerprint density at radius 2 is 1.14 bits per heavy atom. The SMILES string of the molecule is CCCCCCCCCCCCC(O)CC(=O)NC(COP(=O)(O)OCCN)C(O)CCCCCCCCCCCC. The van der Waals surface area contributed by atoms with Crippen LogP contribution in [0.15, 0.2) is 0 Å². The molecule has 0 aromatic carbocycles. The summed E-state index contributed by atoms with van der Waals surface area (Å²) in [6.07, 6.45) is 22.9. The third-order valence-electron chi connectivity index (χ3n) is 7.77. The first-order chi connectivity index (χ1) is 20.3. The van der Waals surface area contributed by atoms with Crippen molar-refractivity contribution in [3.63, 3.8) is 0 Å². The largest absolute Gasteiger partial charge is 0.472 e. The summed E-state index contributed by atoms with van der Waals surface area (Å²) < 4.78 is 21.9. The Balaban J connectivity index is 4.44. The Bertz CT molecular complexity index is 656. The summed E-state index contributed by atoms with van der Waals surface area (Å²) in [5.41, 5.74) is 5.33. The maximum atomic E-state index is 12.7. The molecule has 6 N–H and O–H groups in total. The van der Waals surface area contributed by atoms with E-state index in [9.17, 15) is 24.5 Å². The van der Waals surface area contributed by atoms with Crippen molar-refractivity contribution < 1.29 is 33.5 Å². The minimum Gasteiger partial charge on any atom is -0.393 e. The highest BCUT2D eigenvalue weighted by Gasteiger charge is 2.28. The van der Waals surface area contributed by atoms with E-state index in [2.05, 4.69) is 19.2 Å². The Morgan fingerprint density at radius 1 is 0.714 bits per heavy atom. The van der Waals surface area contributed by atoms with E-state index in [1.807, 2.05) is 0 Å². The van der Waals surface area contributed by atoms with Gasteiger partial charge in [-0.2, -0.15) is 0 Å². The molecule has 0 aromatic heterocycles. The number of phosphoric acid groups is 1. The number of carbonyl (C=O) groups excluding carboxylic acids is 1. The molecule has 0 aliphatic heterocycles. The Labute approximate surface area is 257 Å². The number of nitrogens with two attached hydrogens (primary N) is 1.